The average molecular weight is 215 g/mol. The van der Waals surface area contributed by atoms with Crippen LogP contribution in [0, 0.1) is 5.41 Å². The van der Waals surface area contributed by atoms with Crippen LogP contribution in [0.15, 0.2) is 0 Å². The number of hydrogen-bond donors (Lipinski definition) is 2. The molecule has 0 aromatic rings. The fraction of sp³-hybridized carbons (Fsp3) is 0.909. The quantitative estimate of drug-likeness (QED) is 0.695. The zero-order chi connectivity index (χ0) is 10.6. The van der Waals surface area contributed by atoms with Crippen molar-refractivity contribution in [1.82, 2.24) is 5.32 Å². The van der Waals surface area contributed by atoms with Gasteiger partial charge in [-0.1, -0.05) is 13.8 Å². The Morgan fingerprint density at radius 2 is 2.00 bits per heavy atom. The van der Waals surface area contributed by atoms with E-state index in [2.05, 4.69) is 31.8 Å². The molecule has 0 bridgehead atoms. The molecule has 0 saturated heterocycles. The SMILES string of the molecule is CC1(C)CCC(NC(=O)CCS)CC1. The zero-order valence-corrected chi connectivity index (χ0v) is 10.1. The maximum Gasteiger partial charge on any atom is 0.221 e. The molecule has 1 aliphatic rings. The Bertz CT molecular complexity index is 193. The molecule has 1 rings (SSSR count). The summed E-state index contributed by atoms with van der Waals surface area (Å²) in [5, 5.41) is 3.07. The summed E-state index contributed by atoms with van der Waals surface area (Å²) >= 11 is 4.04. The molecule has 0 radical (unpaired) electrons. The fourth-order valence-corrected chi connectivity index (χ4v) is 2.15. The van der Waals surface area contributed by atoms with Gasteiger partial charge in [-0.15, -0.1) is 0 Å². The van der Waals surface area contributed by atoms with E-state index in [0.717, 1.165) is 12.8 Å². The third kappa shape index (κ3) is 3.91. The van der Waals surface area contributed by atoms with Crippen molar-refractivity contribution in [2.45, 2.75) is 52.0 Å². The summed E-state index contributed by atoms with van der Waals surface area (Å²) in [5.74, 6) is 0.800. The van der Waals surface area contributed by atoms with Gasteiger partial charge in [-0.2, -0.15) is 12.6 Å². The van der Waals surface area contributed by atoms with Gasteiger partial charge in [-0.3, -0.25) is 4.79 Å². The Kier molecular flexibility index (Phi) is 4.30. The molecule has 0 unspecified atom stereocenters. The van der Waals surface area contributed by atoms with E-state index in [1.807, 2.05) is 0 Å². The van der Waals surface area contributed by atoms with Crippen LogP contribution in [0.2, 0.25) is 0 Å². The second kappa shape index (κ2) is 5.06. The number of nitrogens with one attached hydrogen (secondary N) is 1. The summed E-state index contributed by atoms with van der Waals surface area (Å²) in [6, 6.07) is 0.412. The van der Waals surface area contributed by atoms with Crippen molar-refractivity contribution >= 4 is 18.5 Å². The third-order valence-corrected chi connectivity index (χ3v) is 3.27. The molecule has 0 heterocycles. The molecule has 1 aliphatic carbocycles. The molecule has 0 aliphatic heterocycles. The molecule has 0 spiro atoms. The third-order valence-electron chi connectivity index (χ3n) is 3.04. The first-order valence-corrected chi connectivity index (χ1v) is 6.07. The number of thiol groups is 1. The van der Waals surface area contributed by atoms with Gasteiger partial charge < -0.3 is 5.32 Å². The van der Waals surface area contributed by atoms with Crippen LogP contribution in [0.1, 0.15) is 46.0 Å². The van der Waals surface area contributed by atoms with Crippen LogP contribution < -0.4 is 5.32 Å². The van der Waals surface area contributed by atoms with Crippen LogP contribution in [0.3, 0.4) is 0 Å². The van der Waals surface area contributed by atoms with E-state index in [9.17, 15) is 4.79 Å². The molecule has 0 atom stereocenters. The fourth-order valence-electron chi connectivity index (χ4n) is 1.94. The van der Waals surface area contributed by atoms with Crippen LogP contribution in [-0.4, -0.2) is 17.7 Å². The summed E-state index contributed by atoms with van der Waals surface area (Å²) in [7, 11) is 0. The molecule has 1 N–H and O–H groups in total. The van der Waals surface area contributed by atoms with E-state index < -0.39 is 0 Å². The Hall–Kier alpha value is -0.180. The van der Waals surface area contributed by atoms with E-state index in [-0.39, 0.29) is 5.91 Å². The molecule has 1 amide bonds. The minimum absolute atomic E-state index is 0.157. The van der Waals surface area contributed by atoms with Crippen LogP contribution in [0.5, 0.6) is 0 Å². The number of amides is 1. The minimum Gasteiger partial charge on any atom is -0.353 e. The first-order chi connectivity index (χ1) is 6.53. The number of rotatable bonds is 3. The van der Waals surface area contributed by atoms with Crippen molar-refractivity contribution in [2.75, 3.05) is 5.75 Å². The van der Waals surface area contributed by atoms with Gasteiger partial charge in [0.1, 0.15) is 0 Å². The lowest BCUT2D eigenvalue weighted by Gasteiger charge is -2.34. The normalized spacial score (nSPS) is 21.9. The van der Waals surface area contributed by atoms with E-state index in [0.29, 0.717) is 23.6 Å². The van der Waals surface area contributed by atoms with Crippen molar-refractivity contribution in [1.29, 1.82) is 0 Å². The Morgan fingerprint density at radius 3 is 2.50 bits per heavy atom. The number of carbonyl (C=O) groups is 1. The van der Waals surface area contributed by atoms with Crippen molar-refractivity contribution in [2.24, 2.45) is 5.41 Å². The average Bonchev–Trinajstić information content (AvgIpc) is 2.09. The van der Waals surface area contributed by atoms with Gasteiger partial charge in [0.15, 0.2) is 0 Å². The largest absolute Gasteiger partial charge is 0.353 e. The van der Waals surface area contributed by atoms with E-state index in [1.165, 1.54) is 12.8 Å². The lowest BCUT2D eigenvalue weighted by Crippen LogP contribution is -2.39. The van der Waals surface area contributed by atoms with Gasteiger partial charge in [0.25, 0.3) is 0 Å². The predicted octanol–water partition coefficient (Wildman–Crippen LogP) is 2.39. The van der Waals surface area contributed by atoms with Gasteiger partial charge >= 0.3 is 0 Å². The van der Waals surface area contributed by atoms with Gasteiger partial charge in [-0.25, -0.2) is 0 Å². The molecule has 82 valence electrons. The monoisotopic (exact) mass is 215 g/mol. The number of hydrogen-bond acceptors (Lipinski definition) is 2. The Balaban J connectivity index is 2.25. The highest BCUT2D eigenvalue weighted by Gasteiger charge is 2.27. The van der Waals surface area contributed by atoms with Gasteiger partial charge in [0, 0.05) is 12.5 Å². The molecule has 2 nitrogen and oxygen atoms in total. The van der Waals surface area contributed by atoms with Crippen LogP contribution >= 0.6 is 12.6 Å². The molecular formula is C11H21NOS. The van der Waals surface area contributed by atoms with Crippen molar-refractivity contribution in [3.05, 3.63) is 0 Å². The Morgan fingerprint density at radius 1 is 1.43 bits per heavy atom. The molecule has 14 heavy (non-hydrogen) atoms. The number of carbonyl (C=O) groups excluding carboxylic acids is 1. The predicted molar refractivity (Wildman–Crippen MR) is 62.6 cm³/mol. The molecule has 1 saturated carbocycles. The Labute approximate surface area is 92.2 Å². The lowest BCUT2D eigenvalue weighted by molar-refractivity contribution is -0.121. The van der Waals surface area contributed by atoms with Crippen LogP contribution in [-0.2, 0) is 4.79 Å². The smallest absolute Gasteiger partial charge is 0.221 e. The summed E-state index contributed by atoms with van der Waals surface area (Å²) in [4.78, 5) is 11.3. The molecule has 1 fully saturated rings. The summed E-state index contributed by atoms with van der Waals surface area (Å²) in [6.07, 6.45) is 5.25. The van der Waals surface area contributed by atoms with Crippen molar-refractivity contribution < 1.29 is 4.79 Å². The highest BCUT2D eigenvalue weighted by Crippen LogP contribution is 2.34. The molecular weight excluding hydrogens is 194 g/mol. The van der Waals surface area contributed by atoms with Gasteiger partial charge in [-0.05, 0) is 36.9 Å². The first kappa shape index (κ1) is 11.9. The van der Waals surface area contributed by atoms with Gasteiger partial charge in [0.05, 0.1) is 0 Å². The summed E-state index contributed by atoms with van der Waals surface area (Å²) < 4.78 is 0. The highest BCUT2D eigenvalue weighted by molar-refractivity contribution is 7.80. The second-order valence-electron chi connectivity index (χ2n) is 4.98. The lowest BCUT2D eigenvalue weighted by atomic mass is 9.75. The van der Waals surface area contributed by atoms with Gasteiger partial charge in [0.2, 0.25) is 5.91 Å². The molecule has 0 aromatic heterocycles. The minimum atomic E-state index is 0.157. The maximum absolute atomic E-state index is 11.3. The van der Waals surface area contributed by atoms with Crippen LogP contribution in [0.4, 0.5) is 0 Å². The zero-order valence-electron chi connectivity index (χ0n) is 9.18. The standard InChI is InChI=1S/C11H21NOS/c1-11(2)6-3-9(4-7-11)12-10(13)5-8-14/h9,14H,3-8H2,1-2H3,(H,12,13). The van der Waals surface area contributed by atoms with Crippen molar-refractivity contribution in [3.63, 3.8) is 0 Å². The summed E-state index contributed by atoms with van der Waals surface area (Å²) in [5.41, 5.74) is 0.477. The first-order valence-electron chi connectivity index (χ1n) is 5.44. The van der Waals surface area contributed by atoms with Crippen molar-refractivity contribution in [3.8, 4) is 0 Å². The molecule has 3 heteroatoms. The maximum atomic E-state index is 11.3. The second-order valence-corrected chi connectivity index (χ2v) is 5.43. The summed E-state index contributed by atoms with van der Waals surface area (Å²) in [6.45, 7) is 4.61. The highest BCUT2D eigenvalue weighted by atomic mass is 32.1. The topological polar surface area (TPSA) is 29.1 Å². The molecule has 0 aromatic carbocycles. The van der Waals surface area contributed by atoms with E-state index in [1.54, 1.807) is 0 Å². The van der Waals surface area contributed by atoms with E-state index >= 15 is 0 Å². The van der Waals surface area contributed by atoms with E-state index in [4.69, 9.17) is 0 Å². The van der Waals surface area contributed by atoms with Crippen LogP contribution in [0.25, 0.3) is 0 Å².